The van der Waals surface area contributed by atoms with E-state index in [2.05, 4.69) is 66.8 Å². The molecule has 3 aromatic carbocycles. The number of benzene rings is 3. The van der Waals surface area contributed by atoms with Crippen LogP contribution in [0, 0.1) is 0 Å². The fourth-order valence-electron chi connectivity index (χ4n) is 3.59. The molecule has 5 rings (SSSR count). The average molecular weight is 350 g/mol. The van der Waals surface area contributed by atoms with E-state index in [4.69, 9.17) is 9.15 Å². The van der Waals surface area contributed by atoms with Crippen LogP contribution >= 0.6 is 0 Å². The first kappa shape index (κ1) is 15.7. The van der Waals surface area contributed by atoms with Gasteiger partial charge in [0.1, 0.15) is 11.5 Å². The Kier molecular flexibility index (Phi) is 3.68. The van der Waals surface area contributed by atoms with Gasteiger partial charge in [-0.3, -0.25) is 0 Å². The maximum Gasteiger partial charge on any atom is 0.171 e. The Balaban J connectivity index is 1.65. The van der Waals surface area contributed by atoms with Crippen LogP contribution in [-0.4, -0.2) is 0 Å². The highest BCUT2D eigenvalue weighted by molar-refractivity contribution is 5.94. The molecule has 130 valence electrons. The standard InChI is InChI=1S/C25H18O2/c1-2-8-20(9-3-1)25(16-14-21-10-6-18-26-21)17-15-23-22-11-5-4-7-19(22)12-13-24(23)27-25/h1-18H. The lowest BCUT2D eigenvalue weighted by Gasteiger charge is -2.33. The summed E-state index contributed by atoms with van der Waals surface area (Å²) in [6, 6.07) is 26.6. The largest absolute Gasteiger partial charge is 0.474 e. The van der Waals surface area contributed by atoms with Crippen molar-refractivity contribution < 1.29 is 9.15 Å². The molecule has 0 fully saturated rings. The summed E-state index contributed by atoms with van der Waals surface area (Å²) in [6.45, 7) is 0. The van der Waals surface area contributed by atoms with Gasteiger partial charge in [-0.1, -0.05) is 60.7 Å². The van der Waals surface area contributed by atoms with E-state index in [-0.39, 0.29) is 0 Å². The summed E-state index contributed by atoms with van der Waals surface area (Å²) in [5.41, 5.74) is 1.51. The summed E-state index contributed by atoms with van der Waals surface area (Å²) in [6.07, 6.45) is 9.98. The zero-order chi connectivity index (χ0) is 18.1. The third kappa shape index (κ3) is 2.76. The monoisotopic (exact) mass is 350 g/mol. The van der Waals surface area contributed by atoms with E-state index in [9.17, 15) is 0 Å². The van der Waals surface area contributed by atoms with Crippen LogP contribution in [0.15, 0.2) is 102 Å². The van der Waals surface area contributed by atoms with E-state index in [1.807, 2.05) is 36.4 Å². The van der Waals surface area contributed by atoms with Gasteiger partial charge >= 0.3 is 0 Å². The zero-order valence-corrected chi connectivity index (χ0v) is 14.7. The van der Waals surface area contributed by atoms with Crippen molar-refractivity contribution in [3.05, 3.63) is 114 Å². The van der Waals surface area contributed by atoms with Crippen molar-refractivity contribution >= 4 is 22.9 Å². The van der Waals surface area contributed by atoms with Gasteiger partial charge in [0.15, 0.2) is 5.60 Å². The normalized spacial score (nSPS) is 18.5. The number of rotatable bonds is 3. The van der Waals surface area contributed by atoms with Crippen LogP contribution in [0.3, 0.4) is 0 Å². The number of hydrogen-bond donors (Lipinski definition) is 0. The molecule has 1 aliphatic heterocycles. The zero-order valence-electron chi connectivity index (χ0n) is 14.7. The molecule has 2 heteroatoms. The van der Waals surface area contributed by atoms with Crippen LogP contribution in [0.4, 0.5) is 0 Å². The first-order valence-corrected chi connectivity index (χ1v) is 9.02. The van der Waals surface area contributed by atoms with E-state index >= 15 is 0 Å². The molecule has 1 aliphatic rings. The fraction of sp³-hybridized carbons (Fsp3) is 0.0400. The van der Waals surface area contributed by atoms with Crippen molar-refractivity contribution in [3.8, 4) is 5.75 Å². The quantitative estimate of drug-likeness (QED) is 0.424. The molecule has 0 aliphatic carbocycles. The van der Waals surface area contributed by atoms with Gasteiger partial charge in [-0.05, 0) is 53.3 Å². The Morgan fingerprint density at radius 2 is 1.63 bits per heavy atom. The topological polar surface area (TPSA) is 22.4 Å². The van der Waals surface area contributed by atoms with Crippen molar-refractivity contribution in [3.63, 3.8) is 0 Å². The molecule has 2 nitrogen and oxygen atoms in total. The molecule has 1 aromatic heterocycles. The Morgan fingerprint density at radius 1 is 0.778 bits per heavy atom. The van der Waals surface area contributed by atoms with Crippen molar-refractivity contribution in [2.45, 2.75) is 5.60 Å². The second-order valence-electron chi connectivity index (χ2n) is 6.64. The van der Waals surface area contributed by atoms with Gasteiger partial charge in [-0.25, -0.2) is 0 Å². The van der Waals surface area contributed by atoms with Gasteiger partial charge in [-0.2, -0.15) is 0 Å². The molecular formula is C25H18O2. The smallest absolute Gasteiger partial charge is 0.171 e. The minimum Gasteiger partial charge on any atom is -0.474 e. The number of hydrogen-bond acceptors (Lipinski definition) is 2. The van der Waals surface area contributed by atoms with Crippen molar-refractivity contribution in [2.75, 3.05) is 0 Å². The van der Waals surface area contributed by atoms with Crippen molar-refractivity contribution in [1.29, 1.82) is 0 Å². The molecule has 0 saturated heterocycles. The molecular weight excluding hydrogens is 332 g/mol. The highest BCUT2D eigenvalue weighted by Gasteiger charge is 2.32. The van der Waals surface area contributed by atoms with E-state index in [0.717, 1.165) is 22.6 Å². The third-order valence-electron chi connectivity index (χ3n) is 4.97. The van der Waals surface area contributed by atoms with Gasteiger partial charge in [0.2, 0.25) is 0 Å². The van der Waals surface area contributed by atoms with Gasteiger partial charge < -0.3 is 9.15 Å². The van der Waals surface area contributed by atoms with Crippen LogP contribution in [0.5, 0.6) is 5.75 Å². The predicted molar refractivity (Wildman–Crippen MR) is 109 cm³/mol. The minimum atomic E-state index is -0.677. The summed E-state index contributed by atoms with van der Waals surface area (Å²) < 4.78 is 12.1. The highest BCUT2D eigenvalue weighted by atomic mass is 16.5. The van der Waals surface area contributed by atoms with Crippen molar-refractivity contribution in [2.24, 2.45) is 0 Å². The average Bonchev–Trinajstić information content (AvgIpc) is 3.26. The summed E-state index contributed by atoms with van der Waals surface area (Å²) in [7, 11) is 0. The molecule has 0 amide bonds. The minimum absolute atomic E-state index is 0.677. The molecule has 1 atom stereocenters. The van der Waals surface area contributed by atoms with Gasteiger partial charge in [-0.15, -0.1) is 0 Å². The Hall–Kier alpha value is -3.52. The molecule has 0 spiro atoms. The molecule has 4 aromatic rings. The number of fused-ring (bicyclic) bond motifs is 3. The first-order valence-electron chi connectivity index (χ1n) is 9.02. The van der Waals surface area contributed by atoms with Crippen LogP contribution < -0.4 is 4.74 Å². The molecule has 0 saturated carbocycles. The summed E-state index contributed by atoms with van der Waals surface area (Å²) >= 11 is 0. The lowest BCUT2D eigenvalue weighted by Crippen LogP contribution is -2.30. The number of furan rings is 1. The lowest BCUT2D eigenvalue weighted by molar-refractivity contribution is 0.171. The Morgan fingerprint density at radius 3 is 2.48 bits per heavy atom. The van der Waals surface area contributed by atoms with Gasteiger partial charge in [0.25, 0.3) is 0 Å². The molecule has 0 N–H and O–H groups in total. The molecule has 0 radical (unpaired) electrons. The van der Waals surface area contributed by atoms with Gasteiger partial charge in [0, 0.05) is 11.1 Å². The lowest BCUT2D eigenvalue weighted by atomic mass is 9.88. The highest BCUT2D eigenvalue weighted by Crippen LogP contribution is 2.41. The van der Waals surface area contributed by atoms with Gasteiger partial charge in [0.05, 0.1) is 6.26 Å². The SMILES string of the molecule is C(=CC1(c2ccccc2)C=Cc2c(ccc3ccccc23)O1)c1ccco1. The molecule has 0 bridgehead atoms. The molecule has 1 unspecified atom stereocenters. The second-order valence-corrected chi connectivity index (χ2v) is 6.64. The number of ether oxygens (including phenoxy) is 1. The third-order valence-corrected chi connectivity index (χ3v) is 4.97. The van der Waals surface area contributed by atoms with Crippen molar-refractivity contribution in [1.82, 2.24) is 0 Å². The maximum atomic E-state index is 6.60. The second kappa shape index (κ2) is 6.33. The van der Waals surface area contributed by atoms with Crippen LogP contribution in [-0.2, 0) is 5.60 Å². The summed E-state index contributed by atoms with van der Waals surface area (Å²) in [5.74, 6) is 1.68. The maximum absolute atomic E-state index is 6.60. The molecule has 2 heterocycles. The van der Waals surface area contributed by atoms with Crippen LogP contribution in [0.1, 0.15) is 16.9 Å². The first-order chi connectivity index (χ1) is 13.3. The predicted octanol–water partition coefficient (Wildman–Crippen LogP) is 6.45. The summed E-state index contributed by atoms with van der Waals surface area (Å²) in [5, 5.41) is 2.41. The van der Waals surface area contributed by atoms with E-state index < -0.39 is 5.60 Å². The fourth-order valence-corrected chi connectivity index (χ4v) is 3.59. The molecule has 27 heavy (non-hydrogen) atoms. The van der Waals surface area contributed by atoms with Crippen LogP contribution in [0.25, 0.3) is 22.9 Å². The van der Waals surface area contributed by atoms with E-state index in [1.54, 1.807) is 6.26 Å². The summed E-state index contributed by atoms with van der Waals surface area (Å²) in [4.78, 5) is 0. The van der Waals surface area contributed by atoms with E-state index in [1.165, 1.54) is 10.8 Å². The van der Waals surface area contributed by atoms with Crippen LogP contribution in [0.2, 0.25) is 0 Å². The van der Waals surface area contributed by atoms with E-state index in [0.29, 0.717) is 0 Å². The Labute approximate surface area is 158 Å². The Bertz CT molecular complexity index is 1140.